The summed E-state index contributed by atoms with van der Waals surface area (Å²) in [6, 6.07) is 0. The quantitative estimate of drug-likeness (QED) is 0.475. The van der Waals surface area contributed by atoms with Gasteiger partial charge >= 0.3 is 0 Å². The van der Waals surface area contributed by atoms with E-state index < -0.39 is 0 Å². The van der Waals surface area contributed by atoms with E-state index in [-0.39, 0.29) is 0 Å². The summed E-state index contributed by atoms with van der Waals surface area (Å²) in [6.45, 7) is 5.88. The molecule has 0 aromatic heterocycles. The summed E-state index contributed by atoms with van der Waals surface area (Å²) in [7, 11) is 1.63. The van der Waals surface area contributed by atoms with Gasteiger partial charge in [-0.2, -0.15) is 0 Å². The van der Waals surface area contributed by atoms with E-state index >= 15 is 0 Å². The summed E-state index contributed by atoms with van der Waals surface area (Å²) < 4.78 is 0. The molecule has 3 saturated heterocycles. The van der Waals surface area contributed by atoms with Crippen LogP contribution in [0.25, 0.3) is 0 Å². The van der Waals surface area contributed by atoms with Crippen LogP contribution in [0.4, 0.5) is 0 Å². The van der Waals surface area contributed by atoms with Crippen LogP contribution >= 0.6 is 0 Å². The molecule has 3 aliphatic heterocycles. The van der Waals surface area contributed by atoms with Crippen LogP contribution in [0.5, 0.6) is 0 Å². The van der Waals surface area contributed by atoms with Crippen LogP contribution in [0.1, 0.15) is 19.8 Å². The van der Waals surface area contributed by atoms with E-state index in [0.717, 1.165) is 5.92 Å². The molecule has 3 aliphatic rings. The second-order valence-electron chi connectivity index (χ2n) is 4.16. The number of hydrogen-bond acceptors (Lipinski definition) is 3. The third kappa shape index (κ3) is 1.70. The lowest BCUT2D eigenvalue weighted by atomic mass is 9.77. The van der Waals surface area contributed by atoms with Crippen molar-refractivity contribution in [1.82, 2.24) is 4.90 Å². The number of fused-ring (bicyclic) bond motifs is 3. The van der Waals surface area contributed by atoms with E-state index in [9.17, 15) is 0 Å². The van der Waals surface area contributed by atoms with E-state index in [0.29, 0.717) is 5.92 Å². The first-order valence-electron chi connectivity index (χ1n) is 5.11. The largest absolute Gasteiger partial charge is 0.399 e. The molecule has 3 heterocycles. The zero-order chi connectivity index (χ0) is 9.26. The molecule has 0 unspecified atom stereocenters. The molecule has 0 radical (unpaired) electrons. The molecule has 0 aliphatic carbocycles. The Morgan fingerprint density at radius 2 is 2.08 bits per heavy atom. The number of piperidine rings is 3. The van der Waals surface area contributed by atoms with Gasteiger partial charge in [0.25, 0.3) is 0 Å². The summed E-state index contributed by atoms with van der Waals surface area (Å²) in [4.78, 5) is 7.37. The van der Waals surface area contributed by atoms with Crippen LogP contribution in [0.15, 0.2) is 5.16 Å². The summed E-state index contributed by atoms with van der Waals surface area (Å²) in [5.74, 6) is 1.52. The Morgan fingerprint density at radius 1 is 1.38 bits per heavy atom. The first-order valence-corrected chi connectivity index (χ1v) is 5.11. The van der Waals surface area contributed by atoms with Crippen LogP contribution in [-0.4, -0.2) is 37.4 Å². The molecule has 13 heavy (non-hydrogen) atoms. The average molecular weight is 182 g/mol. The van der Waals surface area contributed by atoms with Crippen molar-refractivity contribution in [2.75, 3.05) is 26.7 Å². The van der Waals surface area contributed by atoms with Crippen molar-refractivity contribution >= 4 is 5.71 Å². The van der Waals surface area contributed by atoms with E-state index in [1.807, 2.05) is 0 Å². The second kappa shape index (κ2) is 3.66. The molecule has 0 aromatic rings. The molecule has 0 amide bonds. The van der Waals surface area contributed by atoms with E-state index in [1.165, 1.54) is 38.2 Å². The lowest BCUT2D eigenvalue weighted by Gasteiger charge is -2.44. The van der Waals surface area contributed by atoms with Gasteiger partial charge in [-0.3, -0.25) is 0 Å². The Morgan fingerprint density at radius 3 is 2.54 bits per heavy atom. The van der Waals surface area contributed by atoms with Crippen LogP contribution in [0.2, 0.25) is 0 Å². The summed E-state index contributed by atoms with van der Waals surface area (Å²) in [5.41, 5.74) is 1.18. The molecule has 74 valence electrons. The molecule has 2 bridgehead atoms. The average Bonchev–Trinajstić information content (AvgIpc) is 2.20. The molecule has 1 atom stereocenters. The lowest BCUT2D eigenvalue weighted by Crippen LogP contribution is -2.49. The van der Waals surface area contributed by atoms with Crippen molar-refractivity contribution in [3.05, 3.63) is 0 Å². The minimum Gasteiger partial charge on any atom is -0.399 e. The van der Waals surface area contributed by atoms with Crippen LogP contribution in [0.3, 0.4) is 0 Å². The van der Waals surface area contributed by atoms with Crippen LogP contribution in [0, 0.1) is 11.8 Å². The molecule has 0 spiro atoms. The second-order valence-corrected chi connectivity index (χ2v) is 4.16. The molecule has 0 aromatic carbocycles. The van der Waals surface area contributed by atoms with Gasteiger partial charge in [0, 0.05) is 12.5 Å². The Hall–Kier alpha value is -0.570. The van der Waals surface area contributed by atoms with Gasteiger partial charge in [-0.05, 0) is 38.8 Å². The predicted octanol–water partition coefficient (Wildman–Crippen LogP) is 1.35. The van der Waals surface area contributed by atoms with Gasteiger partial charge in [0.05, 0.1) is 5.71 Å². The first kappa shape index (κ1) is 9.00. The van der Waals surface area contributed by atoms with Gasteiger partial charge in [0.2, 0.25) is 0 Å². The lowest BCUT2D eigenvalue weighted by molar-refractivity contribution is 0.0791. The highest BCUT2D eigenvalue weighted by molar-refractivity contribution is 5.84. The highest BCUT2D eigenvalue weighted by Gasteiger charge is 2.35. The Bertz CT molecular complexity index is 207. The molecule has 0 N–H and O–H groups in total. The minimum atomic E-state index is 0.655. The maximum atomic E-state index is 4.83. The van der Waals surface area contributed by atoms with Crippen LogP contribution < -0.4 is 0 Å². The predicted molar refractivity (Wildman–Crippen MR) is 52.8 cm³/mol. The standard InChI is InChI=1S/C10H18N2O/c1-8(11-13-2)10-7-12-5-3-9(10)4-6-12/h9-10H,3-7H2,1-2H3/t10-/m1/s1. The molecule has 3 nitrogen and oxygen atoms in total. The SMILES string of the molecule is CON=C(C)[C@H]1CN2CCC1CC2. The maximum absolute atomic E-state index is 4.83. The van der Waals surface area contributed by atoms with Crippen molar-refractivity contribution in [2.45, 2.75) is 19.8 Å². The van der Waals surface area contributed by atoms with Gasteiger partial charge < -0.3 is 9.74 Å². The van der Waals surface area contributed by atoms with Gasteiger partial charge in [-0.15, -0.1) is 0 Å². The Labute approximate surface area is 79.7 Å². The highest BCUT2D eigenvalue weighted by atomic mass is 16.6. The van der Waals surface area contributed by atoms with Crippen molar-refractivity contribution in [1.29, 1.82) is 0 Å². The molecule has 3 rings (SSSR count). The third-order valence-corrected chi connectivity index (χ3v) is 3.43. The molecular formula is C10H18N2O. The van der Waals surface area contributed by atoms with Gasteiger partial charge in [0.1, 0.15) is 7.11 Å². The first-order chi connectivity index (χ1) is 6.31. The maximum Gasteiger partial charge on any atom is 0.106 e. The van der Waals surface area contributed by atoms with E-state index in [4.69, 9.17) is 4.84 Å². The fourth-order valence-electron chi connectivity index (χ4n) is 2.65. The Balaban J connectivity index is 2.04. The number of oxime groups is 1. The van der Waals surface area contributed by atoms with Crippen molar-refractivity contribution in [3.63, 3.8) is 0 Å². The fourth-order valence-corrected chi connectivity index (χ4v) is 2.65. The number of rotatable bonds is 2. The van der Waals surface area contributed by atoms with E-state index in [2.05, 4.69) is 17.0 Å². The van der Waals surface area contributed by atoms with Gasteiger partial charge in [0.15, 0.2) is 0 Å². The number of hydrogen-bond donors (Lipinski definition) is 0. The zero-order valence-corrected chi connectivity index (χ0v) is 8.49. The Kier molecular flexibility index (Phi) is 2.54. The monoisotopic (exact) mass is 182 g/mol. The van der Waals surface area contributed by atoms with Crippen LogP contribution in [-0.2, 0) is 4.84 Å². The smallest absolute Gasteiger partial charge is 0.106 e. The zero-order valence-electron chi connectivity index (χ0n) is 8.49. The van der Waals surface area contributed by atoms with Gasteiger partial charge in [-0.1, -0.05) is 5.16 Å². The topological polar surface area (TPSA) is 24.8 Å². The fraction of sp³-hybridized carbons (Fsp3) is 0.900. The highest BCUT2D eigenvalue weighted by Crippen LogP contribution is 2.33. The van der Waals surface area contributed by atoms with Crippen molar-refractivity contribution < 1.29 is 4.84 Å². The molecular weight excluding hydrogens is 164 g/mol. The number of nitrogens with zero attached hydrogens (tertiary/aromatic N) is 2. The molecule has 3 heteroatoms. The minimum absolute atomic E-state index is 0.655. The van der Waals surface area contributed by atoms with Crippen molar-refractivity contribution in [2.24, 2.45) is 17.0 Å². The van der Waals surface area contributed by atoms with Crippen molar-refractivity contribution in [3.8, 4) is 0 Å². The van der Waals surface area contributed by atoms with E-state index in [1.54, 1.807) is 7.11 Å². The normalized spacial score (nSPS) is 39.2. The summed E-state index contributed by atoms with van der Waals surface area (Å²) in [6.07, 6.45) is 2.70. The summed E-state index contributed by atoms with van der Waals surface area (Å²) in [5, 5.41) is 4.06. The molecule has 3 fully saturated rings. The summed E-state index contributed by atoms with van der Waals surface area (Å²) >= 11 is 0. The molecule has 0 saturated carbocycles. The van der Waals surface area contributed by atoms with Gasteiger partial charge in [-0.25, -0.2) is 0 Å². The third-order valence-electron chi connectivity index (χ3n) is 3.43.